The summed E-state index contributed by atoms with van der Waals surface area (Å²) in [5.41, 5.74) is 1.15. The van der Waals surface area contributed by atoms with Gasteiger partial charge in [0.1, 0.15) is 0 Å². The highest BCUT2D eigenvalue weighted by Gasteiger charge is 2.51. The van der Waals surface area contributed by atoms with Gasteiger partial charge in [0.2, 0.25) is 0 Å². The Morgan fingerprint density at radius 2 is 2.00 bits per heavy atom. The molecule has 0 heterocycles. The maximum atomic E-state index is 10.6. The second kappa shape index (κ2) is 4.40. The van der Waals surface area contributed by atoms with Crippen LogP contribution in [0.3, 0.4) is 0 Å². The molecule has 2 heteroatoms. The van der Waals surface area contributed by atoms with Gasteiger partial charge < -0.3 is 10.2 Å². The number of aliphatic hydroxyl groups excluding tert-OH is 2. The predicted molar refractivity (Wildman–Crippen MR) is 69.5 cm³/mol. The van der Waals surface area contributed by atoms with Gasteiger partial charge in [0.25, 0.3) is 0 Å². The molecule has 1 fully saturated rings. The molecule has 2 rings (SSSR count). The van der Waals surface area contributed by atoms with Gasteiger partial charge in [-0.3, -0.25) is 0 Å². The molecule has 0 amide bonds. The Balaban J connectivity index is 2.33. The van der Waals surface area contributed by atoms with Crippen molar-refractivity contribution >= 4 is 0 Å². The molecule has 0 radical (unpaired) electrons. The first kappa shape index (κ1) is 13.1. The number of aliphatic hydroxyl groups is 2. The highest BCUT2D eigenvalue weighted by molar-refractivity contribution is 5.20. The molecule has 2 aliphatic rings. The summed E-state index contributed by atoms with van der Waals surface area (Å²) in [4.78, 5) is 0. The van der Waals surface area contributed by atoms with Gasteiger partial charge in [-0.2, -0.15) is 0 Å². The third-order valence-electron chi connectivity index (χ3n) is 5.28. The van der Waals surface area contributed by atoms with Crippen LogP contribution in [0.2, 0.25) is 0 Å². The maximum Gasteiger partial charge on any atom is 0.0642 e. The van der Waals surface area contributed by atoms with Gasteiger partial charge in [-0.05, 0) is 38.0 Å². The molecule has 0 bridgehead atoms. The van der Waals surface area contributed by atoms with E-state index in [2.05, 4.69) is 33.8 Å². The lowest BCUT2D eigenvalue weighted by Gasteiger charge is -2.53. The Hall–Kier alpha value is -0.340. The minimum absolute atomic E-state index is 0.121. The Kier molecular flexibility index (Phi) is 3.39. The highest BCUT2D eigenvalue weighted by atomic mass is 16.3. The largest absolute Gasteiger partial charge is 0.392 e. The normalized spacial score (nSPS) is 46.6. The summed E-state index contributed by atoms with van der Waals surface area (Å²) in [7, 11) is 0. The van der Waals surface area contributed by atoms with Crippen LogP contribution in [0.15, 0.2) is 11.6 Å². The summed E-state index contributed by atoms with van der Waals surface area (Å²) in [6.07, 6.45) is 4.35. The first-order chi connectivity index (χ1) is 7.88. The number of fused-ring (bicyclic) bond motifs is 1. The molecule has 0 spiro atoms. The molecular formula is C15H26O2. The highest BCUT2D eigenvalue weighted by Crippen LogP contribution is 2.53. The van der Waals surface area contributed by atoms with E-state index in [1.807, 2.05) is 0 Å². The van der Waals surface area contributed by atoms with Gasteiger partial charge in [-0.25, -0.2) is 0 Å². The third kappa shape index (κ3) is 1.96. The maximum absolute atomic E-state index is 10.6. The molecule has 5 atom stereocenters. The molecule has 0 unspecified atom stereocenters. The standard InChI is InChI=1S/C15H26O2/c1-9(2)11-7-8-15(4)12(16)6-5-10(3)13(15)14(11)17/h5,9,11-14,16-17H,6-8H2,1-4H3/t11-,12-,13-,14-,15+/m0/s1. The van der Waals surface area contributed by atoms with E-state index < -0.39 is 0 Å². The Labute approximate surface area is 105 Å². The molecule has 0 aromatic heterocycles. The van der Waals surface area contributed by atoms with Gasteiger partial charge in [0.05, 0.1) is 12.2 Å². The average Bonchev–Trinajstić information content (AvgIpc) is 2.23. The molecule has 0 aromatic carbocycles. The summed E-state index contributed by atoms with van der Waals surface area (Å²) in [5, 5.41) is 20.9. The number of hydrogen-bond acceptors (Lipinski definition) is 2. The predicted octanol–water partition coefficient (Wildman–Crippen LogP) is 2.75. The third-order valence-corrected chi connectivity index (χ3v) is 5.28. The van der Waals surface area contributed by atoms with Gasteiger partial charge in [0.15, 0.2) is 0 Å². The first-order valence-corrected chi connectivity index (χ1v) is 6.90. The lowest BCUT2D eigenvalue weighted by Crippen LogP contribution is -2.53. The molecular weight excluding hydrogens is 212 g/mol. The van der Waals surface area contributed by atoms with Crippen LogP contribution in [0.25, 0.3) is 0 Å². The molecule has 0 aromatic rings. The van der Waals surface area contributed by atoms with Crippen molar-refractivity contribution < 1.29 is 10.2 Å². The zero-order chi connectivity index (χ0) is 12.8. The molecule has 2 nitrogen and oxygen atoms in total. The summed E-state index contributed by atoms with van der Waals surface area (Å²) in [5.74, 6) is 1.04. The van der Waals surface area contributed by atoms with Crippen molar-refractivity contribution in [1.82, 2.24) is 0 Å². The van der Waals surface area contributed by atoms with Crippen LogP contribution in [-0.2, 0) is 0 Å². The molecule has 98 valence electrons. The van der Waals surface area contributed by atoms with Crippen molar-refractivity contribution in [3.8, 4) is 0 Å². The topological polar surface area (TPSA) is 40.5 Å². The van der Waals surface area contributed by atoms with Crippen LogP contribution in [0, 0.1) is 23.2 Å². The summed E-state index contributed by atoms with van der Waals surface area (Å²) in [6, 6.07) is 0. The smallest absolute Gasteiger partial charge is 0.0642 e. The summed E-state index contributed by atoms with van der Waals surface area (Å²) in [6.45, 7) is 8.64. The van der Waals surface area contributed by atoms with Crippen LogP contribution >= 0.6 is 0 Å². The Bertz CT molecular complexity index is 321. The van der Waals surface area contributed by atoms with Crippen LogP contribution in [-0.4, -0.2) is 22.4 Å². The van der Waals surface area contributed by atoms with Gasteiger partial charge >= 0.3 is 0 Å². The van der Waals surface area contributed by atoms with Crippen LogP contribution in [0.1, 0.15) is 47.0 Å². The van der Waals surface area contributed by atoms with Crippen molar-refractivity contribution in [2.24, 2.45) is 23.2 Å². The minimum atomic E-state index is -0.293. The van der Waals surface area contributed by atoms with E-state index in [9.17, 15) is 10.2 Å². The minimum Gasteiger partial charge on any atom is -0.392 e. The molecule has 2 aliphatic carbocycles. The SMILES string of the molecule is CC1=CC[C@H](O)[C@@]2(C)CC[C@@H](C(C)C)[C@H](O)[C@H]12. The van der Waals surface area contributed by atoms with E-state index in [0.717, 1.165) is 19.3 Å². The van der Waals surface area contributed by atoms with E-state index in [4.69, 9.17) is 0 Å². The number of rotatable bonds is 1. The number of hydrogen-bond donors (Lipinski definition) is 2. The fourth-order valence-corrected chi connectivity index (χ4v) is 4.03. The van der Waals surface area contributed by atoms with Gasteiger partial charge in [0, 0.05) is 11.3 Å². The van der Waals surface area contributed by atoms with Crippen molar-refractivity contribution in [3.63, 3.8) is 0 Å². The van der Waals surface area contributed by atoms with E-state index in [1.54, 1.807) is 0 Å². The van der Waals surface area contributed by atoms with E-state index in [-0.39, 0.29) is 23.5 Å². The molecule has 0 saturated heterocycles. The van der Waals surface area contributed by atoms with Crippen molar-refractivity contribution in [2.45, 2.75) is 59.2 Å². The van der Waals surface area contributed by atoms with Crippen LogP contribution in [0.4, 0.5) is 0 Å². The van der Waals surface area contributed by atoms with Crippen LogP contribution < -0.4 is 0 Å². The Morgan fingerprint density at radius 1 is 1.35 bits per heavy atom. The lowest BCUT2D eigenvalue weighted by atomic mass is 9.54. The van der Waals surface area contributed by atoms with Crippen molar-refractivity contribution in [3.05, 3.63) is 11.6 Å². The fraction of sp³-hybridized carbons (Fsp3) is 0.867. The lowest BCUT2D eigenvalue weighted by molar-refractivity contribution is -0.111. The quantitative estimate of drug-likeness (QED) is 0.690. The molecule has 17 heavy (non-hydrogen) atoms. The molecule has 1 saturated carbocycles. The summed E-state index contributed by atoms with van der Waals surface area (Å²) < 4.78 is 0. The van der Waals surface area contributed by atoms with Gasteiger partial charge in [-0.1, -0.05) is 32.4 Å². The molecule has 2 N–H and O–H groups in total. The monoisotopic (exact) mass is 238 g/mol. The van der Waals surface area contributed by atoms with E-state index in [0.29, 0.717) is 11.8 Å². The zero-order valence-corrected chi connectivity index (χ0v) is 11.5. The molecule has 0 aliphatic heterocycles. The first-order valence-electron chi connectivity index (χ1n) is 6.90. The van der Waals surface area contributed by atoms with Crippen LogP contribution in [0.5, 0.6) is 0 Å². The second-order valence-electron chi connectivity index (χ2n) is 6.62. The average molecular weight is 238 g/mol. The summed E-state index contributed by atoms with van der Waals surface area (Å²) >= 11 is 0. The van der Waals surface area contributed by atoms with Gasteiger partial charge in [-0.15, -0.1) is 0 Å². The second-order valence-corrected chi connectivity index (χ2v) is 6.62. The van der Waals surface area contributed by atoms with E-state index in [1.165, 1.54) is 5.57 Å². The fourth-order valence-electron chi connectivity index (χ4n) is 4.03. The van der Waals surface area contributed by atoms with E-state index >= 15 is 0 Å². The zero-order valence-electron chi connectivity index (χ0n) is 11.5. The Morgan fingerprint density at radius 3 is 2.59 bits per heavy atom. The van der Waals surface area contributed by atoms with Crippen molar-refractivity contribution in [2.75, 3.05) is 0 Å². The van der Waals surface area contributed by atoms with Crippen molar-refractivity contribution in [1.29, 1.82) is 0 Å².